The molecule has 1 aromatic heterocycles. The first kappa shape index (κ1) is 25.7. The van der Waals surface area contributed by atoms with Gasteiger partial charge in [0.05, 0.1) is 29.1 Å². The zero-order chi connectivity index (χ0) is 26.7. The number of carboxylic acids is 1. The van der Waals surface area contributed by atoms with E-state index in [9.17, 15) is 22.8 Å². The second kappa shape index (κ2) is 10.3. The van der Waals surface area contributed by atoms with Gasteiger partial charge in [-0.05, 0) is 48.4 Å². The van der Waals surface area contributed by atoms with Gasteiger partial charge in [0.2, 0.25) is 0 Å². The summed E-state index contributed by atoms with van der Waals surface area (Å²) in [5.41, 5.74) is 2.54. The highest BCUT2D eigenvalue weighted by Gasteiger charge is 2.35. The van der Waals surface area contributed by atoms with Crippen LogP contribution in [-0.4, -0.2) is 26.8 Å². The maximum Gasteiger partial charge on any atom is 0.418 e. The lowest BCUT2D eigenvalue weighted by molar-refractivity contribution is -0.138. The van der Waals surface area contributed by atoms with Crippen LogP contribution in [0, 0.1) is 0 Å². The highest BCUT2D eigenvalue weighted by atomic mass is 19.4. The molecule has 0 amide bonds. The Hall–Kier alpha value is -4.40. The highest BCUT2D eigenvalue weighted by Crippen LogP contribution is 2.39. The topological polar surface area (TPSA) is 81.4 Å². The molecule has 1 heterocycles. The van der Waals surface area contributed by atoms with Crippen LogP contribution in [-0.2, 0) is 28.6 Å². The number of alkyl halides is 3. The minimum atomic E-state index is -4.61. The summed E-state index contributed by atoms with van der Waals surface area (Å²) in [5.74, 6) is -1.14. The standard InChI is InChI=1S/C28H23F3N2O4/c1-3-22-26(19-10-8-18(9-11-19)16-25(35)36)32-33(24-7-5-4-6-23(24)28(29,30)31)27(22)20-12-14-21(15-13-20)37-17(2)34/h4-15H,3,16H2,1-2H3,(H,35,36). The Morgan fingerprint density at radius 3 is 2.14 bits per heavy atom. The molecule has 0 radical (unpaired) electrons. The predicted octanol–water partition coefficient (Wildman–Crippen LogP) is 6.34. The van der Waals surface area contributed by atoms with Crippen LogP contribution >= 0.6 is 0 Å². The van der Waals surface area contributed by atoms with Crippen LogP contribution in [0.1, 0.15) is 30.5 Å². The van der Waals surface area contributed by atoms with Crippen LogP contribution in [0.15, 0.2) is 72.8 Å². The zero-order valence-electron chi connectivity index (χ0n) is 20.0. The first-order chi connectivity index (χ1) is 17.6. The largest absolute Gasteiger partial charge is 0.481 e. The number of carbonyl (C=O) groups excluding carboxylic acids is 1. The number of rotatable bonds is 7. The Labute approximate surface area is 210 Å². The summed E-state index contributed by atoms with van der Waals surface area (Å²) in [6, 6.07) is 18.5. The first-order valence-corrected chi connectivity index (χ1v) is 11.5. The van der Waals surface area contributed by atoms with Crippen molar-refractivity contribution in [1.29, 1.82) is 0 Å². The monoisotopic (exact) mass is 508 g/mol. The van der Waals surface area contributed by atoms with E-state index in [2.05, 4.69) is 5.10 Å². The number of carbonyl (C=O) groups is 2. The lowest BCUT2D eigenvalue weighted by Gasteiger charge is -2.15. The Balaban J connectivity index is 1.94. The summed E-state index contributed by atoms with van der Waals surface area (Å²) < 4.78 is 48.3. The van der Waals surface area contributed by atoms with E-state index in [0.29, 0.717) is 45.8 Å². The molecule has 0 aliphatic rings. The third-order valence-corrected chi connectivity index (χ3v) is 5.75. The van der Waals surface area contributed by atoms with Gasteiger partial charge in [-0.15, -0.1) is 0 Å². The number of ether oxygens (including phenoxy) is 1. The quantitative estimate of drug-likeness (QED) is 0.233. The smallest absolute Gasteiger partial charge is 0.418 e. The molecule has 4 rings (SSSR count). The second-order valence-corrected chi connectivity index (χ2v) is 8.34. The summed E-state index contributed by atoms with van der Waals surface area (Å²) in [6.07, 6.45) is -4.29. The van der Waals surface area contributed by atoms with Crippen LogP contribution in [0.25, 0.3) is 28.2 Å². The van der Waals surface area contributed by atoms with Crippen LogP contribution in [0.5, 0.6) is 5.75 Å². The summed E-state index contributed by atoms with van der Waals surface area (Å²) in [6.45, 7) is 3.16. The van der Waals surface area contributed by atoms with Gasteiger partial charge in [-0.3, -0.25) is 9.59 Å². The fourth-order valence-corrected chi connectivity index (χ4v) is 4.19. The van der Waals surface area contributed by atoms with Crippen molar-refractivity contribution in [3.63, 3.8) is 0 Å². The molecule has 0 unspecified atom stereocenters. The van der Waals surface area contributed by atoms with Gasteiger partial charge in [0.1, 0.15) is 5.75 Å². The Kier molecular flexibility index (Phi) is 7.15. The van der Waals surface area contributed by atoms with E-state index in [0.717, 1.165) is 6.07 Å². The van der Waals surface area contributed by atoms with Gasteiger partial charge in [-0.25, -0.2) is 4.68 Å². The molecule has 0 atom stereocenters. The Morgan fingerprint density at radius 2 is 1.57 bits per heavy atom. The van der Waals surface area contributed by atoms with Crippen molar-refractivity contribution >= 4 is 11.9 Å². The number of aliphatic carboxylic acids is 1. The van der Waals surface area contributed by atoms with Crippen molar-refractivity contribution in [2.24, 2.45) is 0 Å². The Bertz CT molecular complexity index is 1440. The Morgan fingerprint density at radius 1 is 0.946 bits per heavy atom. The van der Waals surface area contributed by atoms with Crippen molar-refractivity contribution in [2.75, 3.05) is 0 Å². The van der Waals surface area contributed by atoms with E-state index < -0.39 is 23.7 Å². The maximum absolute atomic E-state index is 14.0. The van der Waals surface area contributed by atoms with Gasteiger partial charge in [-0.2, -0.15) is 18.3 Å². The summed E-state index contributed by atoms with van der Waals surface area (Å²) in [7, 11) is 0. The summed E-state index contributed by atoms with van der Waals surface area (Å²) in [4.78, 5) is 22.4. The van der Waals surface area contributed by atoms with Gasteiger partial charge in [0.25, 0.3) is 0 Å². The summed E-state index contributed by atoms with van der Waals surface area (Å²) >= 11 is 0. The van der Waals surface area contributed by atoms with Crippen LogP contribution in [0.2, 0.25) is 0 Å². The number of aromatic nitrogens is 2. The van der Waals surface area contributed by atoms with Gasteiger partial charge >= 0.3 is 18.1 Å². The van der Waals surface area contributed by atoms with Gasteiger partial charge in [0.15, 0.2) is 0 Å². The van der Waals surface area contributed by atoms with E-state index in [-0.39, 0.29) is 12.1 Å². The fraction of sp³-hybridized carbons (Fsp3) is 0.179. The third kappa shape index (κ3) is 5.55. The molecule has 0 aliphatic heterocycles. The van der Waals surface area contributed by atoms with Gasteiger partial charge in [0, 0.05) is 23.6 Å². The molecule has 0 spiro atoms. The van der Waals surface area contributed by atoms with E-state index in [4.69, 9.17) is 9.84 Å². The SMILES string of the molecule is CCc1c(-c2ccc(CC(=O)O)cc2)nn(-c2ccccc2C(F)(F)F)c1-c1ccc(OC(C)=O)cc1. The molecule has 37 heavy (non-hydrogen) atoms. The predicted molar refractivity (Wildman–Crippen MR) is 131 cm³/mol. The molecule has 0 aliphatic carbocycles. The number of esters is 1. The highest BCUT2D eigenvalue weighted by molar-refractivity contribution is 5.78. The molecule has 9 heteroatoms. The van der Waals surface area contributed by atoms with E-state index in [1.165, 1.54) is 29.8 Å². The normalized spacial score (nSPS) is 11.4. The minimum Gasteiger partial charge on any atom is -0.481 e. The van der Waals surface area contributed by atoms with Gasteiger partial charge in [-0.1, -0.05) is 43.3 Å². The average molecular weight is 508 g/mol. The van der Waals surface area contributed by atoms with Gasteiger partial charge < -0.3 is 9.84 Å². The van der Waals surface area contributed by atoms with Crippen molar-refractivity contribution in [3.8, 4) is 34.0 Å². The van der Waals surface area contributed by atoms with Crippen molar-refractivity contribution < 1.29 is 32.6 Å². The van der Waals surface area contributed by atoms with Crippen molar-refractivity contribution in [2.45, 2.75) is 32.9 Å². The van der Waals surface area contributed by atoms with Crippen LogP contribution < -0.4 is 4.74 Å². The van der Waals surface area contributed by atoms with Crippen LogP contribution in [0.3, 0.4) is 0 Å². The van der Waals surface area contributed by atoms with E-state index in [1.54, 1.807) is 48.5 Å². The molecule has 6 nitrogen and oxygen atoms in total. The molecule has 4 aromatic rings. The second-order valence-electron chi connectivity index (χ2n) is 8.34. The number of carboxylic acid groups (broad SMARTS) is 1. The third-order valence-electron chi connectivity index (χ3n) is 5.75. The molecule has 0 fully saturated rings. The fourth-order valence-electron chi connectivity index (χ4n) is 4.19. The number of halogens is 3. The lowest BCUT2D eigenvalue weighted by Crippen LogP contribution is -2.12. The maximum atomic E-state index is 14.0. The summed E-state index contributed by atoms with van der Waals surface area (Å²) in [5, 5.41) is 13.7. The molecular formula is C28H23F3N2O4. The average Bonchev–Trinajstić information content (AvgIpc) is 3.23. The molecule has 0 saturated carbocycles. The lowest BCUT2D eigenvalue weighted by atomic mass is 9.98. The van der Waals surface area contributed by atoms with E-state index in [1.807, 2.05) is 6.92 Å². The van der Waals surface area contributed by atoms with Crippen molar-refractivity contribution in [1.82, 2.24) is 9.78 Å². The molecule has 3 aromatic carbocycles. The molecule has 190 valence electrons. The first-order valence-electron chi connectivity index (χ1n) is 11.5. The molecule has 0 saturated heterocycles. The van der Waals surface area contributed by atoms with E-state index >= 15 is 0 Å². The number of para-hydroxylation sites is 1. The molecule has 1 N–H and O–H groups in total. The number of hydrogen-bond donors (Lipinski definition) is 1. The number of nitrogens with zero attached hydrogens (tertiary/aromatic N) is 2. The van der Waals surface area contributed by atoms with Crippen molar-refractivity contribution in [3.05, 3.63) is 89.5 Å². The molecule has 0 bridgehead atoms. The number of hydrogen-bond acceptors (Lipinski definition) is 4. The minimum absolute atomic E-state index is 0.127. The number of benzene rings is 3. The van der Waals surface area contributed by atoms with Crippen LogP contribution in [0.4, 0.5) is 13.2 Å². The molecular weight excluding hydrogens is 485 g/mol. The zero-order valence-corrected chi connectivity index (χ0v) is 20.0.